The Kier molecular flexibility index (Phi) is 9.82. The van der Waals surface area contributed by atoms with E-state index in [0.29, 0.717) is 79.2 Å². The molecule has 0 radical (unpaired) electrons. The molecule has 3 aliphatic rings. The van der Waals surface area contributed by atoms with Gasteiger partial charge in [-0.1, -0.05) is 11.6 Å². The van der Waals surface area contributed by atoms with Gasteiger partial charge in [0.1, 0.15) is 40.0 Å². The van der Waals surface area contributed by atoms with Crippen LogP contribution in [0.5, 0.6) is 17.6 Å². The summed E-state index contributed by atoms with van der Waals surface area (Å²) in [6.45, 7) is 11.1. The number of hydrogen-bond acceptors (Lipinski definition) is 12. The molecule has 6 heterocycles. The van der Waals surface area contributed by atoms with E-state index in [0.717, 1.165) is 19.3 Å². The smallest absolute Gasteiger partial charge is 0.410 e. The minimum absolute atomic E-state index is 0.0681. The number of hydrogen-bond donors (Lipinski definition) is 0. The van der Waals surface area contributed by atoms with Crippen LogP contribution in [-0.4, -0.2) is 118 Å². The first kappa shape index (κ1) is 35.4. The Morgan fingerprint density at radius 2 is 1.80 bits per heavy atom. The predicted molar refractivity (Wildman–Crippen MR) is 188 cm³/mol. The van der Waals surface area contributed by atoms with Gasteiger partial charge in [-0.2, -0.15) is 15.1 Å². The first-order valence-corrected chi connectivity index (χ1v) is 17.7. The number of fused-ring (bicyclic) bond motifs is 2. The van der Waals surface area contributed by atoms with Gasteiger partial charge in [0.2, 0.25) is 5.88 Å². The Balaban J connectivity index is 1.29. The highest BCUT2D eigenvalue weighted by atomic mass is 35.5. The van der Waals surface area contributed by atoms with Crippen LogP contribution in [0.1, 0.15) is 52.0 Å². The molecule has 1 aromatic carbocycles. The van der Waals surface area contributed by atoms with Crippen molar-refractivity contribution in [1.29, 1.82) is 0 Å². The lowest BCUT2D eigenvalue weighted by Crippen LogP contribution is -2.50. The van der Waals surface area contributed by atoms with Gasteiger partial charge in [-0.25, -0.2) is 18.9 Å². The number of carbonyl (C=O) groups excluding carboxylic acids is 1. The number of likely N-dealkylation sites (N-methyl/N-ethyl adjacent to an activating group) is 1. The zero-order valence-electron chi connectivity index (χ0n) is 29.8. The van der Waals surface area contributed by atoms with Crippen molar-refractivity contribution in [2.45, 2.75) is 71.0 Å². The Hall–Kier alpha value is -4.05. The Bertz CT molecular complexity index is 1920. The van der Waals surface area contributed by atoms with E-state index in [-0.39, 0.29) is 47.2 Å². The number of aromatic nitrogens is 5. The molecule has 3 aromatic heterocycles. The van der Waals surface area contributed by atoms with Crippen LogP contribution in [-0.2, 0) is 14.2 Å². The highest BCUT2D eigenvalue weighted by molar-refractivity contribution is 6.33. The molecule has 7 rings (SSSR count). The van der Waals surface area contributed by atoms with Crippen LogP contribution in [0.4, 0.5) is 15.0 Å². The number of amides is 1. The monoisotopic (exact) mass is 726 g/mol. The van der Waals surface area contributed by atoms with Crippen molar-refractivity contribution in [1.82, 2.24) is 34.5 Å². The SMILES string of the molecule is CO[C@@H]1CN(C)C[C@H]1Oc1nc(N2CCN(C(=O)OC(C)(C)C)CC2)c2cc(C)nc(Oc3c(Cl)c(F)cc4c3cnn4C3CCCCO3)c2n1. The maximum Gasteiger partial charge on any atom is 0.410 e. The van der Waals surface area contributed by atoms with Crippen LogP contribution >= 0.6 is 11.6 Å². The summed E-state index contributed by atoms with van der Waals surface area (Å²) in [5.41, 5.74) is 0.869. The molecule has 3 aliphatic heterocycles. The molecule has 3 saturated heterocycles. The molecule has 0 saturated carbocycles. The lowest BCUT2D eigenvalue weighted by Gasteiger charge is -2.36. The van der Waals surface area contributed by atoms with Gasteiger partial charge >= 0.3 is 12.1 Å². The van der Waals surface area contributed by atoms with Crippen LogP contribution < -0.4 is 14.4 Å². The number of benzene rings is 1. The van der Waals surface area contributed by atoms with E-state index in [1.165, 1.54) is 6.07 Å². The van der Waals surface area contributed by atoms with E-state index in [9.17, 15) is 4.79 Å². The number of carbonyl (C=O) groups is 1. The first-order valence-electron chi connectivity index (χ1n) is 17.3. The van der Waals surface area contributed by atoms with Gasteiger partial charge in [0.05, 0.1) is 22.5 Å². The highest BCUT2D eigenvalue weighted by Gasteiger charge is 2.35. The number of nitrogens with zero attached hydrogens (tertiary/aromatic N) is 8. The second-order valence-electron chi connectivity index (χ2n) is 14.3. The number of methoxy groups -OCH3 is 1. The fourth-order valence-electron chi connectivity index (χ4n) is 6.82. The largest absolute Gasteiger partial charge is 0.456 e. The van der Waals surface area contributed by atoms with E-state index in [1.54, 1.807) is 22.9 Å². The quantitative estimate of drug-likeness (QED) is 0.231. The van der Waals surface area contributed by atoms with Crippen molar-refractivity contribution in [2.75, 3.05) is 64.9 Å². The summed E-state index contributed by atoms with van der Waals surface area (Å²) < 4.78 is 47.3. The van der Waals surface area contributed by atoms with Gasteiger partial charge in [-0.05, 0) is 60.1 Å². The Morgan fingerprint density at radius 1 is 1.04 bits per heavy atom. The van der Waals surface area contributed by atoms with Crippen molar-refractivity contribution in [3.05, 3.63) is 34.9 Å². The maximum absolute atomic E-state index is 15.5. The summed E-state index contributed by atoms with van der Waals surface area (Å²) in [5, 5.41) is 5.50. The number of likely N-dealkylation sites (tertiary alicyclic amines) is 1. The zero-order chi connectivity index (χ0) is 36.0. The molecular weight excluding hydrogens is 683 g/mol. The van der Waals surface area contributed by atoms with Gasteiger partial charge < -0.3 is 33.5 Å². The van der Waals surface area contributed by atoms with Crippen molar-refractivity contribution in [2.24, 2.45) is 0 Å². The summed E-state index contributed by atoms with van der Waals surface area (Å²) in [5.74, 6) is 0.103. The van der Waals surface area contributed by atoms with E-state index in [1.807, 2.05) is 40.8 Å². The Labute approximate surface area is 300 Å². The van der Waals surface area contributed by atoms with E-state index >= 15 is 4.39 Å². The fourth-order valence-corrected chi connectivity index (χ4v) is 7.02. The molecule has 51 heavy (non-hydrogen) atoms. The maximum atomic E-state index is 15.5. The number of anilines is 1. The molecule has 3 atom stereocenters. The molecule has 16 heteroatoms. The third-order valence-corrected chi connectivity index (χ3v) is 9.66. The lowest BCUT2D eigenvalue weighted by molar-refractivity contribution is -0.0367. The van der Waals surface area contributed by atoms with Gasteiger partial charge in [-0.3, -0.25) is 4.90 Å². The van der Waals surface area contributed by atoms with Crippen LogP contribution in [0.15, 0.2) is 18.3 Å². The highest BCUT2D eigenvalue weighted by Crippen LogP contribution is 2.42. The molecule has 274 valence electrons. The number of halogens is 2. The molecule has 0 N–H and O–H groups in total. The third-order valence-electron chi connectivity index (χ3n) is 9.31. The zero-order valence-corrected chi connectivity index (χ0v) is 30.6. The van der Waals surface area contributed by atoms with E-state index < -0.39 is 11.4 Å². The topological polar surface area (TPSA) is 129 Å². The predicted octanol–water partition coefficient (Wildman–Crippen LogP) is 5.73. The van der Waals surface area contributed by atoms with Gasteiger partial charge in [0.25, 0.3) is 0 Å². The summed E-state index contributed by atoms with van der Waals surface area (Å²) in [6, 6.07) is 3.35. The average Bonchev–Trinajstić information content (AvgIpc) is 3.68. The van der Waals surface area contributed by atoms with Crippen LogP contribution in [0.2, 0.25) is 5.02 Å². The lowest BCUT2D eigenvalue weighted by atomic mass is 10.2. The molecule has 3 fully saturated rings. The summed E-state index contributed by atoms with van der Waals surface area (Å²) >= 11 is 6.61. The second kappa shape index (κ2) is 14.2. The minimum Gasteiger partial charge on any atom is -0.456 e. The molecule has 1 amide bonds. The fraction of sp³-hybridized carbons (Fsp3) is 0.571. The second-order valence-corrected chi connectivity index (χ2v) is 14.7. The summed E-state index contributed by atoms with van der Waals surface area (Å²) in [4.78, 5) is 33.2. The van der Waals surface area contributed by atoms with Gasteiger partial charge in [0, 0.05) is 64.7 Å². The van der Waals surface area contributed by atoms with Gasteiger partial charge in [-0.15, -0.1) is 0 Å². The standard InChI is InChI=1S/C35H44ClFN8O6/c1-20-15-21-29(32(39-20)50-30-22-17-38-45(27-9-7-8-14-48-27)24(22)16-23(37)28(30)36)40-33(49-26-19-42(5)18-25(26)47-6)41-31(21)43-10-12-44(13-11-43)34(46)51-35(2,3)4/h15-17,25-27H,7-14,18-19H2,1-6H3/t25-,26-,27?/m1/s1. The van der Waals surface area contributed by atoms with Crippen LogP contribution in [0.25, 0.3) is 21.8 Å². The molecule has 4 aromatic rings. The molecule has 0 bridgehead atoms. The first-order chi connectivity index (χ1) is 24.4. The number of piperazine rings is 1. The molecular formula is C35H44ClFN8O6. The summed E-state index contributed by atoms with van der Waals surface area (Å²) in [6.07, 6.45) is 3.11. The van der Waals surface area contributed by atoms with Gasteiger partial charge in [0.15, 0.2) is 12.0 Å². The van der Waals surface area contributed by atoms with Crippen LogP contribution in [0.3, 0.4) is 0 Å². The number of pyridine rings is 1. The summed E-state index contributed by atoms with van der Waals surface area (Å²) in [7, 11) is 3.65. The average molecular weight is 727 g/mol. The third kappa shape index (κ3) is 7.34. The number of ether oxygens (including phenoxy) is 5. The number of rotatable bonds is 7. The molecule has 14 nitrogen and oxygen atoms in total. The van der Waals surface area contributed by atoms with Crippen molar-refractivity contribution in [3.63, 3.8) is 0 Å². The van der Waals surface area contributed by atoms with E-state index in [2.05, 4.69) is 14.9 Å². The molecule has 0 spiro atoms. The van der Waals surface area contributed by atoms with Crippen molar-refractivity contribution >= 4 is 45.3 Å². The van der Waals surface area contributed by atoms with Crippen molar-refractivity contribution in [3.8, 4) is 17.6 Å². The van der Waals surface area contributed by atoms with Crippen LogP contribution in [0, 0.1) is 12.7 Å². The molecule has 0 aliphatic carbocycles. The van der Waals surface area contributed by atoms with E-state index in [4.69, 9.17) is 50.2 Å². The molecule has 1 unspecified atom stereocenters. The number of aryl methyl sites for hydroxylation is 1. The normalized spacial score (nSPS) is 21.8. The Morgan fingerprint density at radius 3 is 2.51 bits per heavy atom. The minimum atomic E-state index is -0.660. The van der Waals surface area contributed by atoms with Crippen molar-refractivity contribution < 1.29 is 32.9 Å².